The molecule has 6 nitrogen and oxygen atoms in total. The summed E-state index contributed by atoms with van der Waals surface area (Å²) in [5.41, 5.74) is 2.74. The molecule has 2 aromatic carbocycles. The third-order valence-electron chi connectivity index (χ3n) is 5.71. The van der Waals surface area contributed by atoms with Gasteiger partial charge in [0.1, 0.15) is 11.4 Å². The predicted molar refractivity (Wildman–Crippen MR) is 117 cm³/mol. The lowest BCUT2D eigenvalue weighted by molar-refractivity contribution is -0.126. The Morgan fingerprint density at radius 1 is 1.13 bits per heavy atom. The van der Waals surface area contributed by atoms with Crippen LogP contribution < -0.4 is 14.8 Å². The monoisotopic (exact) mass is 426 g/mol. The molecule has 2 aliphatic heterocycles. The number of thioether (sulfide) groups is 1. The molecule has 2 amide bonds. The summed E-state index contributed by atoms with van der Waals surface area (Å²) >= 11 is 1.67. The van der Waals surface area contributed by atoms with Crippen molar-refractivity contribution in [3.05, 3.63) is 59.2 Å². The third-order valence-corrected chi connectivity index (χ3v) is 7.24. The zero-order chi connectivity index (χ0) is 21.5. The maximum absolute atomic E-state index is 13.2. The van der Waals surface area contributed by atoms with Crippen LogP contribution in [0, 0.1) is 0 Å². The summed E-state index contributed by atoms with van der Waals surface area (Å²) in [7, 11) is 3.20. The van der Waals surface area contributed by atoms with E-state index in [4.69, 9.17) is 9.47 Å². The number of amides is 2. The molecular weight excluding hydrogens is 400 g/mol. The molecule has 0 aromatic heterocycles. The van der Waals surface area contributed by atoms with Gasteiger partial charge in [0.15, 0.2) is 11.5 Å². The maximum atomic E-state index is 13.2. The van der Waals surface area contributed by atoms with Crippen LogP contribution in [0.2, 0.25) is 0 Å². The second-order valence-corrected chi connectivity index (χ2v) is 9.74. The molecule has 0 saturated carbocycles. The molecule has 2 aromatic rings. The van der Waals surface area contributed by atoms with E-state index in [1.807, 2.05) is 56.3 Å². The van der Waals surface area contributed by atoms with Crippen molar-refractivity contribution in [1.82, 2.24) is 10.2 Å². The lowest BCUT2D eigenvalue weighted by Crippen LogP contribution is -2.52. The highest BCUT2D eigenvalue weighted by molar-refractivity contribution is 8.01. The van der Waals surface area contributed by atoms with Gasteiger partial charge in [0.2, 0.25) is 5.91 Å². The number of benzene rings is 2. The number of hydrogen-bond acceptors (Lipinski definition) is 5. The highest BCUT2D eigenvalue weighted by Gasteiger charge is 2.57. The summed E-state index contributed by atoms with van der Waals surface area (Å²) < 4.78 is 10.2. The molecule has 0 spiro atoms. The van der Waals surface area contributed by atoms with Crippen LogP contribution in [0.3, 0.4) is 0 Å². The molecule has 1 unspecified atom stereocenters. The molecule has 1 saturated heterocycles. The summed E-state index contributed by atoms with van der Waals surface area (Å²) in [6, 6.07) is 12.9. The number of nitrogens with zero attached hydrogens (tertiary/aromatic N) is 1. The van der Waals surface area contributed by atoms with Gasteiger partial charge in [-0.3, -0.25) is 9.59 Å². The van der Waals surface area contributed by atoms with Crippen molar-refractivity contribution >= 4 is 23.6 Å². The summed E-state index contributed by atoms with van der Waals surface area (Å²) in [5.74, 6) is 1.16. The van der Waals surface area contributed by atoms with Gasteiger partial charge in [-0.15, -0.1) is 11.8 Å². The van der Waals surface area contributed by atoms with Gasteiger partial charge in [0.25, 0.3) is 5.91 Å². The first kappa shape index (κ1) is 20.6. The molecule has 2 atom stereocenters. The van der Waals surface area contributed by atoms with Gasteiger partial charge in [-0.2, -0.15) is 0 Å². The van der Waals surface area contributed by atoms with Crippen LogP contribution in [0.4, 0.5) is 0 Å². The Bertz CT molecular complexity index is 991. The summed E-state index contributed by atoms with van der Waals surface area (Å²) in [4.78, 5) is 27.9. The Morgan fingerprint density at radius 3 is 2.60 bits per heavy atom. The number of hydrogen-bond donors (Lipinski definition) is 1. The highest BCUT2D eigenvalue weighted by atomic mass is 32.2. The van der Waals surface area contributed by atoms with Crippen LogP contribution >= 0.6 is 11.8 Å². The normalized spacial score (nSPS) is 21.2. The smallest absolute Gasteiger partial charge is 0.256 e. The number of methoxy groups -OCH3 is 2. The fourth-order valence-electron chi connectivity index (χ4n) is 4.27. The van der Waals surface area contributed by atoms with Gasteiger partial charge in [-0.05, 0) is 49.6 Å². The molecule has 7 heteroatoms. The quantitative estimate of drug-likeness (QED) is 0.767. The molecule has 0 radical (unpaired) electrons. The number of ether oxygens (including phenoxy) is 2. The number of carbonyl (C=O) groups excluding carboxylic acids is 2. The minimum absolute atomic E-state index is 0.0614. The van der Waals surface area contributed by atoms with Crippen molar-refractivity contribution in [2.45, 2.75) is 36.4 Å². The van der Waals surface area contributed by atoms with E-state index in [1.54, 1.807) is 30.9 Å². The second kappa shape index (κ2) is 7.87. The van der Waals surface area contributed by atoms with Crippen molar-refractivity contribution in [3.63, 3.8) is 0 Å². The Kier molecular flexibility index (Phi) is 5.40. The highest BCUT2D eigenvalue weighted by Crippen LogP contribution is 2.56. The van der Waals surface area contributed by atoms with Crippen LogP contribution in [0.1, 0.15) is 40.7 Å². The van der Waals surface area contributed by atoms with Gasteiger partial charge in [-0.1, -0.05) is 24.3 Å². The lowest BCUT2D eigenvalue weighted by atomic mass is 10.0. The Hall–Kier alpha value is -2.67. The number of carbonyl (C=O) groups is 2. The molecule has 1 fully saturated rings. The minimum Gasteiger partial charge on any atom is -0.493 e. The van der Waals surface area contributed by atoms with Crippen molar-refractivity contribution in [1.29, 1.82) is 0 Å². The standard InChI is InChI=1S/C23H26N2O4S/c1-23(2)19(25-21(27)15-7-5-6-8-16(15)22(25)30-23)20(26)24-12-11-14-9-10-17(28-3)18(13-14)29-4/h5-10,13,19,22H,11-12H2,1-4H3,(H,24,26)/t19-,22?/m1/s1. The van der Waals surface area contributed by atoms with Gasteiger partial charge in [0.05, 0.1) is 14.2 Å². The zero-order valence-electron chi connectivity index (χ0n) is 17.6. The fourth-order valence-corrected chi connectivity index (χ4v) is 5.86. The minimum atomic E-state index is -0.516. The topological polar surface area (TPSA) is 67.9 Å². The van der Waals surface area contributed by atoms with Crippen LogP contribution in [0.5, 0.6) is 11.5 Å². The van der Waals surface area contributed by atoms with E-state index in [1.165, 1.54) is 0 Å². The summed E-state index contributed by atoms with van der Waals surface area (Å²) in [6.07, 6.45) is 0.657. The Balaban J connectivity index is 1.45. The maximum Gasteiger partial charge on any atom is 0.256 e. The van der Waals surface area contributed by atoms with Gasteiger partial charge < -0.3 is 19.7 Å². The van der Waals surface area contributed by atoms with Gasteiger partial charge in [0, 0.05) is 16.9 Å². The van der Waals surface area contributed by atoms with E-state index < -0.39 is 6.04 Å². The van der Waals surface area contributed by atoms with Crippen LogP contribution in [-0.2, 0) is 11.2 Å². The Morgan fingerprint density at radius 2 is 1.87 bits per heavy atom. The third kappa shape index (κ3) is 3.41. The van der Waals surface area contributed by atoms with Crippen LogP contribution in [0.25, 0.3) is 0 Å². The second-order valence-electron chi connectivity index (χ2n) is 8.01. The predicted octanol–water partition coefficient (Wildman–Crippen LogP) is 3.41. The molecule has 158 valence electrons. The van der Waals surface area contributed by atoms with Gasteiger partial charge >= 0.3 is 0 Å². The summed E-state index contributed by atoms with van der Waals surface area (Å²) in [5, 5.41) is 2.93. The van der Waals surface area contributed by atoms with E-state index in [-0.39, 0.29) is 21.9 Å². The molecule has 0 aliphatic carbocycles. The summed E-state index contributed by atoms with van der Waals surface area (Å²) in [6.45, 7) is 4.54. The molecule has 1 N–H and O–H groups in total. The van der Waals surface area contributed by atoms with Crippen molar-refractivity contribution in [2.24, 2.45) is 0 Å². The molecule has 2 aliphatic rings. The van der Waals surface area contributed by atoms with E-state index >= 15 is 0 Å². The van der Waals surface area contributed by atoms with Crippen molar-refractivity contribution in [2.75, 3.05) is 20.8 Å². The zero-order valence-corrected chi connectivity index (χ0v) is 18.4. The Labute approximate surface area is 180 Å². The molecule has 4 rings (SSSR count). The van der Waals surface area contributed by atoms with Crippen LogP contribution in [-0.4, -0.2) is 48.3 Å². The van der Waals surface area contributed by atoms with E-state index in [0.29, 0.717) is 30.0 Å². The fraction of sp³-hybridized carbons (Fsp3) is 0.391. The first-order valence-electron chi connectivity index (χ1n) is 9.95. The molecule has 30 heavy (non-hydrogen) atoms. The SMILES string of the molecule is COc1ccc(CCNC(=O)[C@H]2N3C(=O)c4ccccc4C3SC2(C)C)cc1OC. The number of nitrogens with one attached hydrogen (secondary N) is 1. The lowest BCUT2D eigenvalue weighted by Gasteiger charge is -2.29. The first-order valence-corrected chi connectivity index (χ1v) is 10.8. The molecule has 0 bridgehead atoms. The first-order chi connectivity index (χ1) is 14.4. The van der Waals surface area contributed by atoms with Crippen molar-refractivity contribution < 1.29 is 19.1 Å². The average molecular weight is 427 g/mol. The van der Waals surface area contributed by atoms with Gasteiger partial charge in [-0.25, -0.2) is 0 Å². The average Bonchev–Trinajstić information content (AvgIpc) is 3.17. The van der Waals surface area contributed by atoms with E-state index in [0.717, 1.165) is 11.1 Å². The largest absolute Gasteiger partial charge is 0.493 e. The molecular formula is C23H26N2O4S. The van der Waals surface area contributed by atoms with Crippen molar-refractivity contribution in [3.8, 4) is 11.5 Å². The molecule has 2 heterocycles. The number of rotatable bonds is 6. The van der Waals surface area contributed by atoms with E-state index in [2.05, 4.69) is 5.32 Å². The van der Waals surface area contributed by atoms with Crippen LogP contribution in [0.15, 0.2) is 42.5 Å². The van der Waals surface area contributed by atoms with E-state index in [9.17, 15) is 9.59 Å². The number of fused-ring (bicyclic) bond motifs is 3.